The molecular weight excluding hydrogens is 807 g/mol. The van der Waals surface area contributed by atoms with E-state index in [2.05, 4.69) is 123 Å². The Kier molecular flexibility index (Phi) is 20.8. The van der Waals surface area contributed by atoms with E-state index in [4.69, 9.17) is 26.0 Å². The molecule has 1 radical (unpaired) electrons. The third-order valence-electron chi connectivity index (χ3n) is 8.41. The van der Waals surface area contributed by atoms with Crippen LogP contribution in [0.25, 0.3) is 11.2 Å². The van der Waals surface area contributed by atoms with Crippen LogP contribution in [0.1, 0.15) is 35.2 Å². The van der Waals surface area contributed by atoms with Crippen LogP contribution in [0.2, 0.25) is 0 Å². The van der Waals surface area contributed by atoms with E-state index in [1.54, 1.807) is 7.05 Å². The maximum Gasteiger partial charge on any atom is 0.317 e. The second-order valence-electron chi connectivity index (χ2n) is 12.2. The van der Waals surface area contributed by atoms with Crippen LogP contribution in [-0.4, -0.2) is 94.7 Å². The van der Waals surface area contributed by atoms with Gasteiger partial charge in [0.2, 0.25) is 5.91 Å². The SMILES string of the molecule is C=C(NCCCCC(NC(=O)c1ccc(N=[N-])nc1)C(=O)NC)c1ccc([PH+](c2ccccc2)c2ccccc2)cc1.O=C(O)CNC(CO)(CO)CO.[Tc]. The molecule has 1 unspecified atom stereocenters. The number of carboxylic acid groups (broad SMARTS) is 1. The third kappa shape index (κ3) is 14.8. The maximum absolute atomic E-state index is 12.6. The topological polar surface area (TPSA) is 228 Å². The van der Waals surface area contributed by atoms with E-state index in [1.165, 1.54) is 34.2 Å². The van der Waals surface area contributed by atoms with E-state index in [9.17, 15) is 14.4 Å². The fourth-order valence-corrected chi connectivity index (χ4v) is 7.76. The number of hydrogen-bond donors (Lipinski definition) is 8. The van der Waals surface area contributed by atoms with Crippen molar-refractivity contribution >= 4 is 53.1 Å². The molecule has 2 amide bonds. The van der Waals surface area contributed by atoms with Crippen LogP contribution in [0.5, 0.6) is 0 Å². The van der Waals surface area contributed by atoms with Crippen molar-refractivity contribution in [2.75, 3.05) is 40.0 Å². The van der Waals surface area contributed by atoms with E-state index >= 15 is 0 Å². The van der Waals surface area contributed by atoms with Gasteiger partial charge in [-0.2, -0.15) is 0 Å². The first-order valence-electron chi connectivity index (χ1n) is 17.2. The minimum Gasteiger partial charge on any atom is -0.705 e. The Bertz CT molecular complexity index is 1740. The average molecular weight is 856 g/mol. The monoisotopic (exact) mass is 854 g/mol. The number of benzene rings is 3. The molecule has 16 heteroatoms. The molecule has 14 nitrogen and oxygen atoms in total. The van der Waals surface area contributed by atoms with Crippen molar-refractivity contribution in [1.82, 2.24) is 26.3 Å². The average Bonchev–Trinajstić information content (AvgIpc) is 3.22. The van der Waals surface area contributed by atoms with Crippen LogP contribution in [0.4, 0.5) is 5.82 Å². The summed E-state index contributed by atoms with van der Waals surface area (Å²) in [7, 11) is 0.423. The Morgan fingerprint density at radius 2 is 1.38 bits per heavy atom. The molecule has 1 atom stereocenters. The van der Waals surface area contributed by atoms with Crippen molar-refractivity contribution in [3.05, 3.63) is 126 Å². The summed E-state index contributed by atoms with van der Waals surface area (Å²) in [4.78, 5) is 38.9. The molecule has 55 heavy (non-hydrogen) atoms. The molecule has 0 saturated carbocycles. The van der Waals surface area contributed by atoms with Gasteiger partial charge in [-0.3, -0.25) is 19.7 Å². The number of carbonyl (C=O) groups is 3. The Morgan fingerprint density at radius 1 is 0.836 bits per heavy atom. The van der Waals surface area contributed by atoms with Gasteiger partial charge in [-0.1, -0.05) is 43.0 Å². The number of hydrogen-bond acceptors (Lipinski definition) is 10. The van der Waals surface area contributed by atoms with Crippen LogP contribution in [0.15, 0.2) is 115 Å². The number of likely N-dealkylation sites (N-methyl/N-ethyl adjacent to an activating group) is 1. The van der Waals surface area contributed by atoms with Crippen LogP contribution < -0.4 is 37.2 Å². The summed E-state index contributed by atoms with van der Waals surface area (Å²) in [5.74, 6) is -1.69. The third-order valence-corrected chi connectivity index (χ3v) is 11.1. The van der Waals surface area contributed by atoms with Crippen molar-refractivity contribution in [2.24, 2.45) is 5.11 Å². The summed E-state index contributed by atoms with van der Waals surface area (Å²) in [6, 6.07) is 32.2. The zero-order valence-corrected chi connectivity index (χ0v) is 33.3. The minimum atomic E-state index is -1.31. The van der Waals surface area contributed by atoms with Gasteiger partial charge in [0.05, 0.1) is 45.4 Å². The molecule has 8 N–H and O–H groups in total. The normalized spacial score (nSPS) is 11.2. The maximum atomic E-state index is 12.6. The molecule has 0 aliphatic rings. The van der Waals surface area contributed by atoms with Crippen molar-refractivity contribution in [3.63, 3.8) is 0 Å². The standard InChI is InChI=1S/C33H34N6O2P.C6H13NO5.Tc/c1-24(25-16-19-29(20-17-25)42(27-11-5-3-6-12-27)28-13-7-4-8-14-28)36-22-10-9-15-30(33(41)35-2)38-32(40)26-18-21-31(39-34)37-23-26;8-2-6(3-9,4-10)7-1-5(11)12;/h3-8,11-14,16-21,23,30,36H,1,9-10,15,22H2,2H3,(H,35,41)(H,38,40);7-10H,1-4H2,(H,11,12);/q-1;;/p+1. The zero-order chi connectivity index (χ0) is 39.3. The summed E-state index contributed by atoms with van der Waals surface area (Å²) in [5, 5.41) is 52.5. The number of aromatic nitrogens is 1. The molecule has 0 saturated heterocycles. The molecule has 4 rings (SSSR count). The van der Waals surface area contributed by atoms with Crippen molar-refractivity contribution in [3.8, 4) is 0 Å². The molecule has 0 aliphatic carbocycles. The van der Waals surface area contributed by atoms with Gasteiger partial charge in [-0.15, -0.1) is 0 Å². The predicted octanol–water partition coefficient (Wildman–Crippen LogP) is 1.87. The van der Waals surface area contributed by atoms with Gasteiger partial charge < -0.3 is 47.0 Å². The number of carboxylic acids is 1. The summed E-state index contributed by atoms with van der Waals surface area (Å²) in [6.07, 6.45) is 3.30. The Balaban J connectivity index is 0.000000694. The summed E-state index contributed by atoms with van der Waals surface area (Å²) >= 11 is 0. The van der Waals surface area contributed by atoms with E-state index in [1.807, 2.05) is 0 Å². The van der Waals surface area contributed by atoms with E-state index < -0.39 is 57.7 Å². The van der Waals surface area contributed by atoms with Gasteiger partial charge in [0.1, 0.15) is 27.8 Å². The van der Waals surface area contributed by atoms with Crippen LogP contribution >= 0.6 is 7.92 Å². The second-order valence-corrected chi connectivity index (χ2v) is 14.7. The van der Waals surface area contributed by atoms with E-state index in [0.29, 0.717) is 13.0 Å². The molecule has 4 aromatic rings. The van der Waals surface area contributed by atoms with Crippen LogP contribution in [0, 0.1) is 0 Å². The van der Waals surface area contributed by atoms with E-state index in [-0.39, 0.29) is 37.4 Å². The predicted molar refractivity (Wildman–Crippen MR) is 212 cm³/mol. The minimum absolute atomic E-state index is 0. The van der Waals surface area contributed by atoms with Gasteiger partial charge in [0, 0.05) is 45.6 Å². The van der Waals surface area contributed by atoms with Crippen molar-refractivity contribution in [2.45, 2.75) is 30.8 Å². The second kappa shape index (κ2) is 24.6. The number of pyridine rings is 1. The summed E-state index contributed by atoms with van der Waals surface area (Å²) in [5.41, 5.74) is 9.61. The molecule has 1 heterocycles. The first kappa shape index (κ1) is 46.4. The number of nitrogens with one attached hydrogen (secondary N) is 4. The fourth-order valence-electron chi connectivity index (χ4n) is 5.21. The Morgan fingerprint density at radius 3 is 1.85 bits per heavy atom. The van der Waals surface area contributed by atoms with Gasteiger partial charge in [-0.05, 0) is 85.5 Å². The molecular formula is C39H48N7O7PTc. The zero-order valence-electron chi connectivity index (χ0n) is 30.5. The first-order chi connectivity index (χ1) is 26.1. The van der Waals surface area contributed by atoms with Gasteiger partial charge in [0.25, 0.3) is 5.91 Å². The summed E-state index contributed by atoms with van der Waals surface area (Å²) < 4.78 is 0. The number of amides is 2. The van der Waals surface area contributed by atoms with Gasteiger partial charge >= 0.3 is 5.97 Å². The molecule has 293 valence electrons. The Hall–Kier alpha value is -4.72. The molecule has 0 bridgehead atoms. The largest absolute Gasteiger partial charge is 0.705 e. The number of carbonyl (C=O) groups excluding carboxylic acids is 2. The number of unbranched alkanes of at least 4 members (excludes halogenated alkanes) is 1. The summed E-state index contributed by atoms with van der Waals surface area (Å²) in [6.45, 7) is 2.94. The van der Waals surface area contributed by atoms with Gasteiger partial charge in [0.15, 0.2) is 0 Å². The number of nitrogens with zero attached hydrogens (tertiary/aromatic N) is 3. The molecule has 0 fully saturated rings. The van der Waals surface area contributed by atoms with Crippen molar-refractivity contribution in [1.29, 1.82) is 0 Å². The number of aliphatic hydroxyl groups is 3. The smallest absolute Gasteiger partial charge is 0.317 e. The molecule has 0 aliphatic heterocycles. The van der Waals surface area contributed by atoms with Crippen LogP contribution in [0.3, 0.4) is 0 Å². The first-order valence-corrected chi connectivity index (χ1v) is 18.7. The number of aliphatic hydroxyl groups excluding tert-OH is 3. The van der Waals surface area contributed by atoms with Gasteiger partial charge in [-0.25, -0.2) is 4.98 Å². The molecule has 0 spiro atoms. The van der Waals surface area contributed by atoms with E-state index in [0.717, 1.165) is 24.1 Å². The molecule has 3 aromatic carbocycles. The fraction of sp³-hybridized carbons (Fsp3) is 0.282. The number of aliphatic carboxylic acids is 1. The molecule has 1 aromatic heterocycles. The van der Waals surface area contributed by atoms with Crippen LogP contribution in [-0.2, 0) is 29.7 Å². The quantitative estimate of drug-likeness (QED) is 0.0366. The van der Waals surface area contributed by atoms with Crippen molar-refractivity contribution < 1.29 is 54.9 Å². The Labute approximate surface area is 335 Å². The number of rotatable bonds is 20.